The number of anilines is 1. The number of likely N-dealkylation sites (tertiary alicyclic amines) is 1. The number of carbonyl (C=O) groups is 1. The predicted molar refractivity (Wildman–Crippen MR) is 178 cm³/mol. The highest BCUT2D eigenvalue weighted by Crippen LogP contribution is 2.36. The third-order valence-electron chi connectivity index (χ3n) is 8.20. The molecule has 0 radical (unpaired) electrons. The predicted octanol–water partition coefficient (Wildman–Crippen LogP) is 5.95. The summed E-state index contributed by atoms with van der Waals surface area (Å²) in [6, 6.07) is 16.7. The highest BCUT2D eigenvalue weighted by Gasteiger charge is 2.17. The number of aromatic nitrogens is 5. The van der Waals surface area contributed by atoms with Crippen LogP contribution in [0.5, 0.6) is 5.75 Å². The Labute approximate surface area is 265 Å². The fraction of sp³-hybridized carbons (Fsp3) is 0.257. The van der Waals surface area contributed by atoms with Crippen molar-refractivity contribution in [1.82, 2.24) is 34.9 Å². The van der Waals surface area contributed by atoms with Gasteiger partial charge in [-0.05, 0) is 87.6 Å². The van der Waals surface area contributed by atoms with E-state index in [1.54, 1.807) is 29.6 Å². The molecule has 0 spiro atoms. The van der Waals surface area contributed by atoms with Crippen molar-refractivity contribution in [2.75, 3.05) is 52.2 Å². The van der Waals surface area contributed by atoms with E-state index in [4.69, 9.17) is 4.74 Å². The molecule has 3 N–H and O–H groups in total. The molecule has 46 heavy (non-hydrogen) atoms. The second-order valence-corrected chi connectivity index (χ2v) is 12.0. The van der Waals surface area contributed by atoms with Crippen LogP contribution in [0.15, 0.2) is 73.2 Å². The highest BCUT2D eigenvalue weighted by molar-refractivity contribution is 6.01. The Kier molecular flexibility index (Phi) is 8.17. The number of fused-ring (bicyclic) bond motifs is 2. The Bertz CT molecular complexity index is 2030. The van der Waals surface area contributed by atoms with Crippen molar-refractivity contribution in [3.05, 3.63) is 79.0 Å². The van der Waals surface area contributed by atoms with Crippen LogP contribution in [0.2, 0.25) is 0 Å². The van der Waals surface area contributed by atoms with Crippen LogP contribution in [-0.2, 0) is 4.79 Å². The molecule has 1 saturated heterocycles. The number of hydrogen-bond acceptors (Lipinski definition) is 7. The Morgan fingerprint density at radius 3 is 2.72 bits per heavy atom. The van der Waals surface area contributed by atoms with Gasteiger partial charge in [0.05, 0.1) is 41.5 Å². The average molecular weight is 619 g/mol. The molecular formula is C35H35FN8O2. The third kappa shape index (κ3) is 6.33. The zero-order valence-electron chi connectivity index (χ0n) is 25.8. The molecule has 0 unspecified atom stereocenters. The number of halogens is 1. The number of rotatable bonds is 10. The Morgan fingerprint density at radius 1 is 1.00 bits per heavy atom. The van der Waals surface area contributed by atoms with Crippen molar-refractivity contribution in [3.8, 4) is 39.5 Å². The summed E-state index contributed by atoms with van der Waals surface area (Å²) in [5.41, 5.74) is 6.92. The first-order chi connectivity index (χ1) is 22.4. The molecule has 6 aromatic rings. The lowest BCUT2D eigenvalue weighted by atomic mass is 10.0. The molecule has 1 aliphatic rings. The largest absolute Gasteiger partial charge is 0.492 e. The molecule has 11 heteroatoms. The van der Waals surface area contributed by atoms with Crippen molar-refractivity contribution in [2.24, 2.45) is 0 Å². The van der Waals surface area contributed by atoms with E-state index in [-0.39, 0.29) is 18.3 Å². The van der Waals surface area contributed by atoms with E-state index in [0.717, 1.165) is 69.5 Å². The van der Waals surface area contributed by atoms with Gasteiger partial charge >= 0.3 is 0 Å². The molecule has 1 aliphatic heterocycles. The smallest absolute Gasteiger partial charge is 0.238 e. The number of amides is 1. The van der Waals surface area contributed by atoms with E-state index in [9.17, 15) is 9.18 Å². The van der Waals surface area contributed by atoms with Crippen molar-refractivity contribution in [2.45, 2.75) is 12.8 Å². The van der Waals surface area contributed by atoms with E-state index >= 15 is 0 Å². The molecule has 7 rings (SSSR count). The molecule has 4 aromatic heterocycles. The second kappa shape index (κ2) is 12.7. The first-order valence-electron chi connectivity index (χ1n) is 15.4. The summed E-state index contributed by atoms with van der Waals surface area (Å²) in [5, 5.41) is 12.4. The van der Waals surface area contributed by atoms with Crippen LogP contribution in [0, 0.1) is 5.82 Å². The van der Waals surface area contributed by atoms with Crippen molar-refractivity contribution in [1.29, 1.82) is 0 Å². The minimum absolute atomic E-state index is 0.123. The van der Waals surface area contributed by atoms with E-state index in [1.807, 2.05) is 56.6 Å². The Morgan fingerprint density at radius 2 is 1.87 bits per heavy atom. The average Bonchev–Trinajstić information content (AvgIpc) is 3.80. The molecule has 1 fully saturated rings. The molecule has 1 amide bonds. The molecule has 0 aliphatic carbocycles. The van der Waals surface area contributed by atoms with Gasteiger partial charge in [-0.1, -0.05) is 12.1 Å². The number of likely N-dealkylation sites (N-methyl/N-ethyl adjacent to an activating group) is 1. The quantitative estimate of drug-likeness (QED) is 0.174. The fourth-order valence-electron chi connectivity index (χ4n) is 6.05. The summed E-state index contributed by atoms with van der Waals surface area (Å²) >= 11 is 0. The van der Waals surface area contributed by atoms with Crippen molar-refractivity contribution < 1.29 is 13.9 Å². The molecular weight excluding hydrogens is 583 g/mol. The second-order valence-electron chi connectivity index (χ2n) is 12.0. The summed E-state index contributed by atoms with van der Waals surface area (Å²) in [6.45, 7) is 3.83. The van der Waals surface area contributed by atoms with Crippen LogP contribution in [0.4, 0.5) is 10.1 Å². The number of nitrogens with zero attached hydrogens (tertiary/aromatic N) is 5. The monoisotopic (exact) mass is 618 g/mol. The number of benzene rings is 2. The minimum atomic E-state index is -0.337. The normalized spacial score (nSPS) is 13.7. The number of carbonyl (C=O) groups excluding carboxylic acids is 1. The first-order valence-corrected chi connectivity index (χ1v) is 15.4. The zero-order chi connectivity index (χ0) is 31.6. The lowest BCUT2D eigenvalue weighted by Gasteiger charge is -2.15. The Hall–Kier alpha value is -5.13. The van der Waals surface area contributed by atoms with Crippen LogP contribution >= 0.6 is 0 Å². The summed E-state index contributed by atoms with van der Waals surface area (Å²) < 4.78 is 20.8. The Balaban J connectivity index is 1.18. The number of pyridine rings is 2. The standard InChI is InChI=1S/C35H35FN8O2/c1-43(2)21-34(45)39-25-13-23(18-37-19-25)31-17-29-33(20-38-31)41-42-35(29)32-16-28-27(6-5-7-30(28)40-32)22-12-24(36)15-26(14-22)46-11-10-44-8-3-4-9-44/h5-7,12-20,40H,3-4,8-11,21H2,1-2H3,(H,39,45)(H,41,42). The minimum Gasteiger partial charge on any atom is -0.492 e. The van der Waals surface area contributed by atoms with E-state index in [2.05, 4.69) is 35.4 Å². The maximum absolute atomic E-state index is 14.8. The number of nitrogens with one attached hydrogen (secondary N) is 3. The van der Waals surface area contributed by atoms with Gasteiger partial charge < -0.3 is 19.9 Å². The zero-order valence-corrected chi connectivity index (χ0v) is 25.8. The van der Waals surface area contributed by atoms with E-state index in [0.29, 0.717) is 23.7 Å². The van der Waals surface area contributed by atoms with Gasteiger partial charge in [-0.15, -0.1) is 0 Å². The van der Waals surface area contributed by atoms with Crippen LogP contribution < -0.4 is 10.1 Å². The third-order valence-corrected chi connectivity index (χ3v) is 8.20. The molecule has 0 saturated carbocycles. The molecule has 0 bridgehead atoms. The van der Waals surface area contributed by atoms with Crippen molar-refractivity contribution in [3.63, 3.8) is 0 Å². The number of H-pyrrole nitrogens is 2. The number of hydrogen-bond donors (Lipinski definition) is 3. The lowest BCUT2D eigenvalue weighted by molar-refractivity contribution is -0.116. The SMILES string of the molecule is CN(C)CC(=O)Nc1cncc(-c2cc3c(-c4cc5c(-c6cc(F)cc(OCCN7CCCC7)c6)cccc5[nH]4)n[nH]c3cn2)c1. The summed E-state index contributed by atoms with van der Waals surface area (Å²) in [7, 11) is 3.68. The van der Waals surface area contributed by atoms with Crippen LogP contribution in [0.1, 0.15) is 12.8 Å². The van der Waals surface area contributed by atoms with Gasteiger partial charge in [0.1, 0.15) is 23.9 Å². The van der Waals surface area contributed by atoms with Gasteiger partial charge in [-0.3, -0.25) is 24.8 Å². The number of ether oxygens (including phenoxy) is 1. The van der Waals surface area contributed by atoms with Gasteiger partial charge in [-0.2, -0.15) is 5.10 Å². The lowest BCUT2D eigenvalue weighted by Crippen LogP contribution is -2.27. The summed E-state index contributed by atoms with van der Waals surface area (Å²) in [5.74, 6) is 0.0638. The fourth-order valence-corrected chi connectivity index (χ4v) is 6.05. The molecule has 2 aromatic carbocycles. The topological polar surface area (TPSA) is 115 Å². The van der Waals surface area contributed by atoms with E-state index < -0.39 is 0 Å². The van der Waals surface area contributed by atoms with Gasteiger partial charge in [0.15, 0.2) is 0 Å². The first kappa shape index (κ1) is 29.6. The maximum atomic E-state index is 14.8. The van der Waals surface area contributed by atoms with Gasteiger partial charge in [0, 0.05) is 40.7 Å². The number of aromatic amines is 2. The molecule has 0 atom stereocenters. The van der Waals surface area contributed by atoms with Gasteiger partial charge in [0.2, 0.25) is 5.91 Å². The van der Waals surface area contributed by atoms with Crippen molar-refractivity contribution >= 4 is 33.4 Å². The van der Waals surface area contributed by atoms with Gasteiger partial charge in [0.25, 0.3) is 0 Å². The highest BCUT2D eigenvalue weighted by atomic mass is 19.1. The molecule has 10 nitrogen and oxygen atoms in total. The maximum Gasteiger partial charge on any atom is 0.238 e. The summed E-state index contributed by atoms with van der Waals surface area (Å²) in [4.78, 5) is 28.9. The van der Waals surface area contributed by atoms with E-state index in [1.165, 1.54) is 18.9 Å². The van der Waals surface area contributed by atoms with Crippen LogP contribution in [0.25, 0.3) is 55.6 Å². The van der Waals surface area contributed by atoms with Crippen LogP contribution in [-0.4, -0.2) is 87.7 Å². The van der Waals surface area contributed by atoms with Gasteiger partial charge in [-0.25, -0.2) is 4.39 Å². The molecule has 5 heterocycles. The molecule has 234 valence electrons. The summed E-state index contributed by atoms with van der Waals surface area (Å²) in [6.07, 6.45) is 7.52. The van der Waals surface area contributed by atoms with Crippen LogP contribution in [0.3, 0.4) is 0 Å².